The van der Waals surface area contributed by atoms with Gasteiger partial charge in [-0.15, -0.1) is 0 Å². The zero-order valence-electron chi connectivity index (χ0n) is 10.6. The zero-order chi connectivity index (χ0) is 11.8. The molecule has 1 saturated heterocycles. The van der Waals surface area contributed by atoms with E-state index in [2.05, 4.69) is 6.92 Å². The van der Waals surface area contributed by atoms with Crippen molar-refractivity contribution < 1.29 is 18.3 Å². The van der Waals surface area contributed by atoms with Crippen LogP contribution in [0.5, 0.6) is 0 Å². The lowest BCUT2D eigenvalue weighted by molar-refractivity contribution is 0.0505. The summed E-state index contributed by atoms with van der Waals surface area (Å²) < 4.78 is 22.0. The van der Waals surface area contributed by atoms with Crippen molar-refractivity contribution in [2.75, 3.05) is 26.4 Å². The molecule has 0 spiro atoms. The van der Waals surface area contributed by atoms with E-state index in [1.807, 2.05) is 13.8 Å². The van der Waals surface area contributed by atoms with Gasteiger partial charge in [0.2, 0.25) is 0 Å². The molecule has 1 heterocycles. The van der Waals surface area contributed by atoms with Gasteiger partial charge in [-0.1, -0.05) is 0 Å². The average molecular weight is 248 g/mol. The number of hydrogen-bond acceptors (Lipinski definition) is 4. The van der Waals surface area contributed by atoms with E-state index in [1.54, 1.807) is 0 Å². The largest absolute Gasteiger partial charge is 0.397 e. The summed E-state index contributed by atoms with van der Waals surface area (Å²) in [7, 11) is -1.44. The smallest absolute Gasteiger partial charge is 0.321 e. The van der Waals surface area contributed by atoms with Gasteiger partial charge in [0, 0.05) is 13.2 Å². The Kier molecular flexibility index (Phi) is 7.23. The molecule has 4 nitrogen and oxygen atoms in total. The van der Waals surface area contributed by atoms with Crippen molar-refractivity contribution >= 4 is 9.28 Å². The topological polar surface area (TPSA) is 40.2 Å². The number of hydrogen-bond donors (Lipinski definition) is 0. The summed E-state index contributed by atoms with van der Waals surface area (Å²) in [6.45, 7) is 9.24. The van der Waals surface area contributed by atoms with E-state index in [0.29, 0.717) is 6.10 Å². The van der Waals surface area contributed by atoms with Gasteiger partial charge in [0.1, 0.15) is 6.10 Å². The van der Waals surface area contributed by atoms with E-state index in [0.717, 1.165) is 38.9 Å². The minimum absolute atomic E-state index is 0.278. The lowest BCUT2D eigenvalue weighted by Crippen LogP contribution is -2.25. The maximum absolute atomic E-state index is 5.66. The Bertz CT molecular complexity index is 169. The SMILES string of the molecule is CCO[SiH](CCC(C)OCC1CO1)OCC. The average Bonchev–Trinajstić information content (AvgIpc) is 3.07. The molecule has 0 bridgehead atoms. The third kappa shape index (κ3) is 6.60. The summed E-state index contributed by atoms with van der Waals surface area (Å²) in [5.41, 5.74) is 0. The lowest BCUT2D eigenvalue weighted by atomic mass is 10.3. The molecule has 2 unspecified atom stereocenters. The van der Waals surface area contributed by atoms with Crippen molar-refractivity contribution in [2.45, 2.75) is 45.4 Å². The minimum Gasteiger partial charge on any atom is -0.397 e. The minimum atomic E-state index is -1.44. The van der Waals surface area contributed by atoms with Gasteiger partial charge in [-0.2, -0.15) is 0 Å². The van der Waals surface area contributed by atoms with Crippen LogP contribution in [0.3, 0.4) is 0 Å². The fourth-order valence-corrected chi connectivity index (χ4v) is 3.39. The summed E-state index contributed by atoms with van der Waals surface area (Å²) >= 11 is 0. The number of rotatable bonds is 10. The molecule has 0 aromatic carbocycles. The molecule has 0 amide bonds. The molecule has 2 atom stereocenters. The summed E-state index contributed by atoms with van der Waals surface area (Å²) in [6.07, 6.45) is 1.65. The molecule has 0 aromatic rings. The first-order valence-electron chi connectivity index (χ1n) is 6.22. The highest BCUT2D eigenvalue weighted by Gasteiger charge is 2.23. The van der Waals surface area contributed by atoms with E-state index in [1.165, 1.54) is 0 Å². The Morgan fingerprint density at radius 1 is 1.31 bits per heavy atom. The van der Waals surface area contributed by atoms with Crippen LogP contribution in [-0.4, -0.2) is 47.9 Å². The van der Waals surface area contributed by atoms with Crippen LogP contribution in [0, 0.1) is 0 Å². The third-order valence-corrected chi connectivity index (χ3v) is 4.70. The molecule has 1 aliphatic rings. The predicted molar refractivity (Wildman–Crippen MR) is 65.0 cm³/mol. The molecule has 0 N–H and O–H groups in total. The van der Waals surface area contributed by atoms with Crippen LogP contribution in [0.2, 0.25) is 6.04 Å². The second-order valence-electron chi connectivity index (χ2n) is 4.02. The highest BCUT2D eigenvalue weighted by atomic mass is 28.3. The fourth-order valence-electron chi connectivity index (χ4n) is 1.48. The van der Waals surface area contributed by atoms with Gasteiger partial charge < -0.3 is 18.3 Å². The maximum atomic E-state index is 5.66. The summed E-state index contributed by atoms with van der Waals surface area (Å²) in [4.78, 5) is 0. The van der Waals surface area contributed by atoms with Crippen LogP contribution < -0.4 is 0 Å². The van der Waals surface area contributed by atoms with E-state index < -0.39 is 9.28 Å². The second-order valence-corrected chi connectivity index (χ2v) is 6.12. The molecule has 5 heteroatoms. The predicted octanol–water partition coefficient (Wildman–Crippen LogP) is 1.47. The molecule has 1 rings (SSSR count). The summed E-state index contributed by atoms with van der Waals surface area (Å²) in [5, 5.41) is 0. The van der Waals surface area contributed by atoms with Crippen LogP contribution >= 0.6 is 0 Å². The van der Waals surface area contributed by atoms with Crippen molar-refractivity contribution in [3.8, 4) is 0 Å². The Morgan fingerprint density at radius 2 is 1.94 bits per heavy atom. The van der Waals surface area contributed by atoms with Crippen LogP contribution in [0.25, 0.3) is 0 Å². The maximum Gasteiger partial charge on any atom is 0.321 e. The highest BCUT2D eigenvalue weighted by molar-refractivity contribution is 6.44. The van der Waals surface area contributed by atoms with Gasteiger partial charge in [0.25, 0.3) is 0 Å². The molecule has 96 valence electrons. The van der Waals surface area contributed by atoms with Crippen molar-refractivity contribution in [1.82, 2.24) is 0 Å². The Morgan fingerprint density at radius 3 is 2.44 bits per heavy atom. The molecule has 16 heavy (non-hydrogen) atoms. The summed E-state index contributed by atoms with van der Waals surface area (Å²) in [6, 6.07) is 1.02. The quantitative estimate of drug-likeness (QED) is 0.434. The van der Waals surface area contributed by atoms with Gasteiger partial charge in [-0.3, -0.25) is 0 Å². The molecular weight excluding hydrogens is 224 g/mol. The molecule has 0 radical (unpaired) electrons. The fraction of sp³-hybridized carbons (Fsp3) is 1.00. The third-order valence-electron chi connectivity index (χ3n) is 2.48. The van der Waals surface area contributed by atoms with Crippen LogP contribution in [0.15, 0.2) is 0 Å². The first-order chi connectivity index (χ1) is 7.76. The molecule has 1 fully saturated rings. The Labute approximate surface area is 100 Å². The van der Waals surface area contributed by atoms with Gasteiger partial charge in [0.05, 0.1) is 19.3 Å². The molecular formula is C11H24O4Si. The number of ether oxygens (including phenoxy) is 2. The molecule has 1 aliphatic heterocycles. The van der Waals surface area contributed by atoms with E-state index in [-0.39, 0.29) is 6.10 Å². The standard InChI is InChI=1S/C11H24O4Si/c1-4-14-16(15-5-2)7-6-10(3)12-8-11-9-13-11/h10-11,16H,4-9H2,1-3H3. The van der Waals surface area contributed by atoms with Crippen molar-refractivity contribution in [2.24, 2.45) is 0 Å². The van der Waals surface area contributed by atoms with Crippen molar-refractivity contribution in [1.29, 1.82) is 0 Å². The number of epoxide rings is 1. The molecule has 0 saturated carbocycles. The van der Waals surface area contributed by atoms with Crippen LogP contribution in [0.1, 0.15) is 27.2 Å². The van der Waals surface area contributed by atoms with E-state index in [4.69, 9.17) is 18.3 Å². The monoisotopic (exact) mass is 248 g/mol. The highest BCUT2D eigenvalue weighted by Crippen LogP contribution is 2.13. The van der Waals surface area contributed by atoms with Crippen molar-refractivity contribution in [3.05, 3.63) is 0 Å². The first-order valence-corrected chi connectivity index (χ1v) is 7.98. The van der Waals surface area contributed by atoms with E-state index in [9.17, 15) is 0 Å². The Hall–Kier alpha value is 0.0569. The summed E-state index contributed by atoms with van der Waals surface area (Å²) in [5.74, 6) is 0. The Balaban J connectivity index is 2.03. The van der Waals surface area contributed by atoms with Gasteiger partial charge in [0.15, 0.2) is 0 Å². The van der Waals surface area contributed by atoms with Gasteiger partial charge in [-0.05, 0) is 33.2 Å². The lowest BCUT2D eigenvalue weighted by Gasteiger charge is -2.17. The zero-order valence-corrected chi connectivity index (χ0v) is 11.8. The van der Waals surface area contributed by atoms with Crippen LogP contribution in [-0.2, 0) is 18.3 Å². The van der Waals surface area contributed by atoms with Gasteiger partial charge in [-0.25, -0.2) is 0 Å². The van der Waals surface area contributed by atoms with Gasteiger partial charge >= 0.3 is 9.28 Å². The van der Waals surface area contributed by atoms with E-state index >= 15 is 0 Å². The second kappa shape index (κ2) is 8.19. The molecule has 0 aromatic heterocycles. The molecule has 0 aliphatic carbocycles. The first kappa shape index (κ1) is 14.1. The van der Waals surface area contributed by atoms with Crippen molar-refractivity contribution in [3.63, 3.8) is 0 Å². The van der Waals surface area contributed by atoms with Crippen LogP contribution in [0.4, 0.5) is 0 Å². The normalized spacial score (nSPS) is 21.4.